The molecule has 6 rings (SSSR count). The number of halogens is 3. The minimum atomic E-state index is -1.39. The number of hydrogen-bond donors (Lipinski definition) is 2. The normalized spacial score (nSPS) is 10.1. The molecule has 0 bridgehead atoms. The lowest BCUT2D eigenvalue weighted by Gasteiger charge is -2.06. The highest BCUT2D eigenvalue weighted by Crippen LogP contribution is 2.33. The lowest BCUT2D eigenvalue weighted by Crippen LogP contribution is -2.29. The molecular formula is C36H26BBr3N2O6. The molecule has 0 unspecified atom stereocenters. The van der Waals surface area contributed by atoms with Crippen LogP contribution in [-0.2, 0) is 0 Å². The highest BCUT2D eigenvalue weighted by molar-refractivity contribution is 9.11. The Morgan fingerprint density at radius 2 is 0.875 bits per heavy atom. The number of nitro groups is 2. The fourth-order valence-corrected chi connectivity index (χ4v) is 5.57. The Morgan fingerprint density at radius 1 is 0.479 bits per heavy atom. The van der Waals surface area contributed by atoms with Crippen LogP contribution in [0.15, 0.2) is 159 Å². The molecule has 12 heteroatoms. The third-order valence-electron chi connectivity index (χ3n) is 6.88. The van der Waals surface area contributed by atoms with Gasteiger partial charge in [0.05, 0.1) is 19.9 Å². The van der Waals surface area contributed by atoms with Crippen LogP contribution in [0.4, 0.5) is 11.4 Å². The van der Waals surface area contributed by atoms with Gasteiger partial charge in [0.15, 0.2) is 0 Å². The van der Waals surface area contributed by atoms with Crippen molar-refractivity contribution < 1.29 is 19.9 Å². The van der Waals surface area contributed by atoms with Crippen LogP contribution in [-0.4, -0.2) is 27.0 Å². The molecular weight excluding hydrogens is 807 g/mol. The fraction of sp³-hybridized carbons (Fsp3) is 0. The molecule has 0 atom stereocenters. The average molecular weight is 833 g/mol. The molecule has 0 aliphatic rings. The summed E-state index contributed by atoms with van der Waals surface area (Å²) in [5, 5.41) is 39.4. The Balaban J connectivity index is 0.000000174. The molecule has 0 fully saturated rings. The number of benzene rings is 6. The van der Waals surface area contributed by atoms with E-state index in [-0.39, 0.29) is 16.3 Å². The molecule has 0 saturated heterocycles. The molecule has 0 aliphatic carbocycles. The summed E-state index contributed by atoms with van der Waals surface area (Å²) in [4.78, 5) is 20.8. The number of nitro benzene ring substituents is 2. The van der Waals surface area contributed by atoms with Crippen LogP contribution >= 0.6 is 47.8 Å². The van der Waals surface area contributed by atoms with Crippen molar-refractivity contribution in [1.29, 1.82) is 0 Å². The predicted octanol–water partition coefficient (Wildman–Crippen LogP) is 9.84. The van der Waals surface area contributed by atoms with E-state index in [4.69, 9.17) is 10.0 Å². The van der Waals surface area contributed by atoms with E-state index in [9.17, 15) is 20.2 Å². The Morgan fingerprint density at radius 3 is 1.31 bits per heavy atom. The maximum atomic E-state index is 11.2. The van der Waals surface area contributed by atoms with E-state index >= 15 is 0 Å². The van der Waals surface area contributed by atoms with E-state index in [2.05, 4.69) is 47.8 Å². The maximum Gasteiger partial charge on any atom is 0.488 e. The predicted molar refractivity (Wildman–Crippen MR) is 202 cm³/mol. The van der Waals surface area contributed by atoms with Gasteiger partial charge in [0, 0.05) is 21.1 Å². The smallest absolute Gasteiger partial charge is 0.423 e. The van der Waals surface area contributed by atoms with Crippen LogP contribution in [0.2, 0.25) is 0 Å². The average Bonchev–Trinajstić information content (AvgIpc) is 3.10. The first-order valence-electron chi connectivity index (χ1n) is 14.2. The summed E-state index contributed by atoms with van der Waals surface area (Å²) in [6.07, 6.45) is 0. The Bertz CT molecular complexity index is 1980. The van der Waals surface area contributed by atoms with Crippen LogP contribution in [0.25, 0.3) is 33.4 Å². The lowest BCUT2D eigenvalue weighted by molar-refractivity contribution is -0.385. The summed E-state index contributed by atoms with van der Waals surface area (Å²) < 4.78 is 1.89. The quantitative estimate of drug-likeness (QED) is 0.0978. The van der Waals surface area contributed by atoms with Crippen LogP contribution in [0.3, 0.4) is 0 Å². The van der Waals surface area contributed by atoms with Gasteiger partial charge in [-0.1, -0.05) is 141 Å². The number of nitrogens with zero attached hydrogens (tertiary/aromatic N) is 2. The summed E-state index contributed by atoms with van der Waals surface area (Å²) >= 11 is 9.48. The van der Waals surface area contributed by atoms with Crippen molar-refractivity contribution in [3.05, 3.63) is 179 Å². The van der Waals surface area contributed by atoms with E-state index in [0.717, 1.165) is 27.8 Å². The second-order valence-electron chi connectivity index (χ2n) is 10.1. The van der Waals surface area contributed by atoms with E-state index in [0.29, 0.717) is 24.4 Å². The lowest BCUT2D eigenvalue weighted by atomic mass is 9.80. The summed E-state index contributed by atoms with van der Waals surface area (Å²) in [6, 6.07) is 44.9. The topological polar surface area (TPSA) is 127 Å². The Kier molecular flexibility index (Phi) is 13.4. The van der Waals surface area contributed by atoms with Crippen LogP contribution in [0, 0.1) is 20.2 Å². The third-order valence-corrected chi connectivity index (χ3v) is 8.54. The van der Waals surface area contributed by atoms with Gasteiger partial charge in [-0.25, -0.2) is 0 Å². The molecule has 0 amide bonds. The van der Waals surface area contributed by atoms with E-state index in [1.165, 1.54) is 12.1 Å². The summed E-state index contributed by atoms with van der Waals surface area (Å²) in [5.74, 6) is 0. The van der Waals surface area contributed by atoms with Crippen LogP contribution < -0.4 is 5.46 Å². The van der Waals surface area contributed by atoms with Gasteiger partial charge in [0.25, 0.3) is 11.4 Å². The molecule has 6 aromatic rings. The van der Waals surface area contributed by atoms with Gasteiger partial charge in [-0.2, -0.15) is 0 Å². The van der Waals surface area contributed by atoms with Gasteiger partial charge >= 0.3 is 7.12 Å². The fourth-order valence-electron chi connectivity index (χ4n) is 4.48. The summed E-state index contributed by atoms with van der Waals surface area (Å²) in [5.41, 5.74) is 6.53. The first-order valence-corrected chi connectivity index (χ1v) is 16.6. The molecule has 0 aliphatic heterocycles. The van der Waals surface area contributed by atoms with Gasteiger partial charge in [0.2, 0.25) is 0 Å². The van der Waals surface area contributed by atoms with Gasteiger partial charge in [-0.3, -0.25) is 20.2 Å². The van der Waals surface area contributed by atoms with Gasteiger partial charge in [0.1, 0.15) is 0 Å². The number of hydrogen-bond acceptors (Lipinski definition) is 6. The summed E-state index contributed by atoms with van der Waals surface area (Å²) in [7, 11) is -1.39. The zero-order chi connectivity index (χ0) is 34.6. The molecule has 2 N–H and O–H groups in total. The first kappa shape index (κ1) is 36.4. The zero-order valence-corrected chi connectivity index (χ0v) is 29.7. The minimum absolute atomic E-state index is 0.0689. The van der Waals surface area contributed by atoms with Gasteiger partial charge < -0.3 is 10.0 Å². The maximum absolute atomic E-state index is 11.2. The van der Waals surface area contributed by atoms with Crippen LogP contribution in [0.5, 0.6) is 0 Å². The second-order valence-corrected chi connectivity index (χ2v) is 12.8. The molecule has 0 aromatic heterocycles. The monoisotopic (exact) mass is 830 g/mol. The third kappa shape index (κ3) is 10.3. The van der Waals surface area contributed by atoms with E-state index in [1.807, 2.05) is 103 Å². The van der Waals surface area contributed by atoms with E-state index in [1.54, 1.807) is 30.3 Å². The molecule has 0 heterocycles. The molecule has 0 saturated carbocycles. The van der Waals surface area contributed by atoms with Crippen molar-refractivity contribution >= 4 is 71.7 Å². The largest absolute Gasteiger partial charge is 0.488 e. The molecule has 8 nitrogen and oxygen atoms in total. The van der Waals surface area contributed by atoms with E-state index < -0.39 is 12.0 Å². The van der Waals surface area contributed by atoms with Crippen molar-refractivity contribution in [2.24, 2.45) is 0 Å². The highest BCUT2D eigenvalue weighted by Gasteiger charge is 2.16. The van der Waals surface area contributed by atoms with Crippen molar-refractivity contribution in [3.8, 4) is 33.4 Å². The molecule has 48 heavy (non-hydrogen) atoms. The Labute approximate surface area is 302 Å². The molecule has 0 spiro atoms. The summed E-state index contributed by atoms with van der Waals surface area (Å²) in [6.45, 7) is 0. The number of rotatable bonds is 6. The SMILES string of the molecule is O=[N+]([O-])c1cc(Br)ccc1-c1ccc(-c2ccccc2)cc1.O=[N+]([O-])c1cc(Br)ccc1Br.OB(O)c1ccc(-c2ccccc2)cc1. The Hall–Kier alpha value is -4.46. The minimum Gasteiger partial charge on any atom is -0.423 e. The zero-order valence-electron chi connectivity index (χ0n) is 25.0. The van der Waals surface area contributed by atoms with Crippen molar-refractivity contribution in [3.63, 3.8) is 0 Å². The van der Waals surface area contributed by atoms with Crippen molar-refractivity contribution in [1.82, 2.24) is 0 Å². The molecule has 0 radical (unpaired) electrons. The first-order chi connectivity index (χ1) is 23.0. The van der Waals surface area contributed by atoms with Crippen molar-refractivity contribution in [2.75, 3.05) is 0 Å². The highest BCUT2D eigenvalue weighted by atomic mass is 79.9. The molecule has 240 valence electrons. The molecule has 6 aromatic carbocycles. The second kappa shape index (κ2) is 17.6. The van der Waals surface area contributed by atoms with Gasteiger partial charge in [-0.05, 0) is 73.5 Å². The standard InChI is InChI=1S/C18H12BrNO2.C12H11BO2.C6H3Br2NO2/c19-16-10-11-17(18(12-16)20(21)22)15-8-6-14(7-9-15)13-4-2-1-3-5-13;14-13(15)12-8-6-11(7-9-12)10-4-2-1-3-5-10;7-4-1-2-5(8)6(3-4)9(10)11/h1-12H;1-9,14-15H;1-3H. The van der Waals surface area contributed by atoms with Crippen molar-refractivity contribution in [2.45, 2.75) is 0 Å². The van der Waals surface area contributed by atoms with Crippen LogP contribution in [0.1, 0.15) is 0 Å². The van der Waals surface area contributed by atoms with Gasteiger partial charge in [-0.15, -0.1) is 0 Å².